The van der Waals surface area contributed by atoms with Gasteiger partial charge in [-0.2, -0.15) is 0 Å². The number of hydrogen-bond acceptors (Lipinski definition) is 1. The van der Waals surface area contributed by atoms with Gasteiger partial charge in [0.15, 0.2) is 23.3 Å². The fraction of sp³-hybridized carbons (Fsp3) is 0.333. The quantitative estimate of drug-likeness (QED) is 0.465. The van der Waals surface area contributed by atoms with Crippen molar-refractivity contribution in [2.24, 2.45) is 0 Å². The SMILES string of the molecule is Cl.Fc1c(F)c(F)c([C@H]2CCN2)c(F)c1F. The van der Waals surface area contributed by atoms with Crippen LogP contribution in [0.15, 0.2) is 0 Å². The lowest BCUT2D eigenvalue weighted by atomic mass is 9.96. The Morgan fingerprint density at radius 2 is 1.19 bits per heavy atom. The van der Waals surface area contributed by atoms with E-state index in [-0.39, 0.29) is 12.4 Å². The molecule has 0 unspecified atom stereocenters. The van der Waals surface area contributed by atoms with Gasteiger partial charge in [-0.3, -0.25) is 0 Å². The van der Waals surface area contributed by atoms with Crippen LogP contribution in [0.1, 0.15) is 18.0 Å². The maximum Gasteiger partial charge on any atom is 0.200 e. The molecule has 1 aromatic rings. The van der Waals surface area contributed by atoms with E-state index in [2.05, 4.69) is 5.32 Å². The van der Waals surface area contributed by atoms with Crippen LogP contribution in [0.3, 0.4) is 0 Å². The van der Waals surface area contributed by atoms with Crippen LogP contribution in [-0.2, 0) is 0 Å². The maximum absolute atomic E-state index is 13.1. The van der Waals surface area contributed by atoms with Gasteiger partial charge in [-0.05, 0) is 13.0 Å². The van der Waals surface area contributed by atoms with Crippen LogP contribution < -0.4 is 5.32 Å². The molecule has 1 aliphatic rings. The van der Waals surface area contributed by atoms with E-state index in [4.69, 9.17) is 0 Å². The third kappa shape index (κ3) is 1.76. The Labute approximate surface area is 94.1 Å². The Balaban J connectivity index is 0.00000128. The van der Waals surface area contributed by atoms with Gasteiger partial charge in [0.25, 0.3) is 0 Å². The molecule has 1 fully saturated rings. The van der Waals surface area contributed by atoms with Crippen LogP contribution in [0, 0.1) is 29.1 Å². The van der Waals surface area contributed by atoms with E-state index in [0.717, 1.165) is 0 Å². The first-order chi connectivity index (χ1) is 7.04. The molecule has 0 radical (unpaired) electrons. The largest absolute Gasteiger partial charge is 0.310 e. The summed E-state index contributed by atoms with van der Waals surface area (Å²) in [6.45, 7) is 0.504. The lowest BCUT2D eigenvalue weighted by Gasteiger charge is -2.28. The van der Waals surface area contributed by atoms with Crippen molar-refractivity contribution in [2.75, 3.05) is 6.54 Å². The van der Waals surface area contributed by atoms with Crippen molar-refractivity contribution in [3.05, 3.63) is 34.6 Å². The van der Waals surface area contributed by atoms with E-state index in [1.165, 1.54) is 0 Å². The molecule has 0 spiro atoms. The molecule has 2 rings (SSSR count). The molecule has 1 aliphatic heterocycles. The van der Waals surface area contributed by atoms with Gasteiger partial charge in [-0.15, -0.1) is 12.4 Å². The van der Waals surface area contributed by atoms with Crippen molar-refractivity contribution in [1.82, 2.24) is 5.32 Å². The molecule has 0 aliphatic carbocycles. The van der Waals surface area contributed by atoms with E-state index in [0.29, 0.717) is 13.0 Å². The molecule has 0 bridgehead atoms. The molecule has 16 heavy (non-hydrogen) atoms. The van der Waals surface area contributed by atoms with Gasteiger partial charge in [0.05, 0.1) is 0 Å². The van der Waals surface area contributed by atoms with Crippen molar-refractivity contribution >= 4 is 12.4 Å². The van der Waals surface area contributed by atoms with Crippen molar-refractivity contribution in [1.29, 1.82) is 0 Å². The Morgan fingerprint density at radius 3 is 1.50 bits per heavy atom. The summed E-state index contributed by atoms with van der Waals surface area (Å²) in [5.41, 5.74) is -0.766. The number of benzene rings is 1. The zero-order valence-corrected chi connectivity index (χ0v) is 8.61. The molecule has 0 amide bonds. The summed E-state index contributed by atoms with van der Waals surface area (Å²) < 4.78 is 64.3. The molecule has 1 aromatic carbocycles. The molecule has 7 heteroatoms. The van der Waals surface area contributed by atoms with Crippen molar-refractivity contribution in [2.45, 2.75) is 12.5 Å². The van der Waals surface area contributed by atoms with E-state index >= 15 is 0 Å². The minimum Gasteiger partial charge on any atom is -0.310 e. The number of nitrogens with one attached hydrogen (secondary N) is 1. The third-order valence-electron chi connectivity index (χ3n) is 2.42. The lowest BCUT2D eigenvalue weighted by Crippen LogP contribution is -2.36. The molecule has 1 saturated heterocycles. The van der Waals surface area contributed by atoms with E-state index in [9.17, 15) is 22.0 Å². The summed E-state index contributed by atoms with van der Waals surface area (Å²) in [6, 6.07) is -0.783. The van der Waals surface area contributed by atoms with E-state index < -0.39 is 40.7 Å². The summed E-state index contributed by atoms with van der Waals surface area (Å²) >= 11 is 0. The van der Waals surface area contributed by atoms with E-state index in [1.807, 2.05) is 0 Å². The first-order valence-electron chi connectivity index (χ1n) is 4.28. The second kappa shape index (κ2) is 4.55. The highest BCUT2D eigenvalue weighted by Crippen LogP contribution is 2.31. The Hall–Kier alpha value is -0.880. The van der Waals surface area contributed by atoms with Crippen LogP contribution in [0.4, 0.5) is 22.0 Å². The van der Waals surface area contributed by atoms with Crippen molar-refractivity contribution in [3.63, 3.8) is 0 Å². The lowest BCUT2D eigenvalue weighted by molar-refractivity contribution is 0.319. The topological polar surface area (TPSA) is 12.0 Å². The van der Waals surface area contributed by atoms with Crippen LogP contribution >= 0.6 is 12.4 Å². The Kier molecular flexibility index (Phi) is 3.75. The molecule has 1 atom stereocenters. The second-order valence-corrected chi connectivity index (χ2v) is 3.28. The van der Waals surface area contributed by atoms with Crippen molar-refractivity contribution < 1.29 is 22.0 Å². The van der Waals surface area contributed by atoms with Gasteiger partial charge in [0.2, 0.25) is 5.82 Å². The number of hydrogen-bond donors (Lipinski definition) is 1. The fourth-order valence-corrected chi connectivity index (χ4v) is 1.46. The summed E-state index contributed by atoms with van der Waals surface area (Å²) in [5.74, 6) is -9.39. The van der Waals surface area contributed by atoms with Crippen LogP contribution in [-0.4, -0.2) is 6.54 Å². The molecule has 1 heterocycles. The third-order valence-corrected chi connectivity index (χ3v) is 2.42. The zero-order chi connectivity index (χ0) is 11.2. The first-order valence-corrected chi connectivity index (χ1v) is 4.28. The number of halogens is 6. The molecule has 0 aromatic heterocycles. The average molecular weight is 260 g/mol. The smallest absolute Gasteiger partial charge is 0.200 e. The summed E-state index contributed by atoms with van der Waals surface area (Å²) in [4.78, 5) is 0. The van der Waals surface area contributed by atoms with Gasteiger partial charge in [-0.25, -0.2) is 22.0 Å². The minimum atomic E-state index is -2.12. The fourth-order valence-electron chi connectivity index (χ4n) is 1.46. The van der Waals surface area contributed by atoms with Crippen LogP contribution in [0.5, 0.6) is 0 Å². The van der Waals surface area contributed by atoms with Crippen molar-refractivity contribution in [3.8, 4) is 0 Å². The van der Waals surface area contributed by atoms with Gasteiger partial charge < -0.3 is 5.32 Å². The highest BCUT2D eigenvalue weighted by molar-refractivity contribution is 5.85. The van der Waals surface area contributed by atoms with Gasteiger partial charge >= 0.3 is 0 Å². The van der Waals surface area contributed by atoms with Crippen LogP contribution in [0.2, 0.25) is 0 Å². The van der Waals surface area contributed by atoms with Crippen LogP contribution in [0.25, 0.3) is 0 Å². The average Bonchev–Trinajstić information content (AvgIpc) is 2.15. The Morgan fingerprint density at radius 1 is 0.812 bits per heavy atom. The zero-order valence-electron chi connectivity index (χ0n) is 7.79. The predicted molar refractivity (Wildman–Crippen MR) is 48.8 cm³/mol. The molecular weight excluding hydrogens is 253 g/mol. The molecule has 1 nitrogen and oxygen atoms in total. The predicted octanol–water partition coefficient (Wildman–Crippen LogP) is 2.84. The molecular formula is C9H7ClF5N. The highest BCUT2D eigenvalue weighted by Gasteiger charge is 2.32. The second-order valence-electron chi connectivity index (χ2n) is 3.28. The summed E-state index contributed by atoms with van der Waals surface area (Å²) in [5, 5.41) is 2.58. The summed E-state index contributed by atoms with van der Waals surface area (Å²) in [7, 11) is 0. The number of rotatable bonds is 1. The van der Waals surface area contributed by atoms with Gasteiger partial charge in [-0.1, -0.05) is 0 Å². The first kappa shape index (κ1) is 13.2. The van der Waals surface area contributed by atoms with Gasteiger partial charge in [0.1, 0.15) is 0 Å². The normalized spacial score (nSPS) is 18.9. The maximum atomic E-state index is 13.1. The standard InChI is InChI=1S/C9H6F5N.ClH/c10-5-4(3-1-2-15-3)6(11)8(13)9(14)7(5)12;/h3,15H,1-2H2;1H/t3-;/m1./s1. The highest BCUT2D eigenvalue weighted by atomic mass is 35.5. The van der Waals surface area contributed by atoms with E-state index in [1.54, 1.807) is 0 Å². The monoisotopic (exact) mass is 259 g/mol. The summed E-state index contributed by atoms with van der Waals surface area (Å²) in [6.07, 6.45) is 0.359. The molecule has 90 valence electrons. The molecule has 0 saturated carbocycles. The Bertz CT molecular complexity index is 390. The van der Waals surface area contributed by atoms with Gasteiger partial charge in [0, 0.05) is 11.6 Å². The molecule has 1 N–H and O–H groups in total. The minimum absolute atomic E-state index is 0.